The van der Waals surface area contributed by atoms with Crippen LogP contribution in [0.2, 0.25) is 0 Å². The Kier molecular flexibility index (Phi) is 6.00. The maximum absolute atomic E-state index is 13.3. The molecule has 1 aliphatic carbocycles. The summed E-state index contributed by atoms with van der Waals surface area (Å²) in [5, 5.41) is 10.5. The summed E-state index contributed by atoms with van der Waals surface area (Å²) in [5.41, 5.74) is 2.54. The number of alkyl halides is 3. The number of carbonyl (C=O) groups is 1. The van der Waals surface area contributed by atoms with E-state index < -0.39 is 17.3 Å². The lowest BCUT2D eigenvalue weighted by Crippen LogP contribution is -2.37. The maximum atomic E-state index is 13.3. The van der Waals surface area contributed by atoms with Crippen LogP contribution in [-0.2, 0) is 12.6 Å². The molecule has 1 N–H and O–H groups in total. The van der Waals surface area contributed by atoms with Crippen LogP contribution in [0.25, 0.3) is 0 Å². The van der Waals surface area contributed by atoms with Crippen molar-refractivity contribution >= 4 is 5.78 Å². The minimum atomic E-state index is -4.52. The number of phenols is 1. The van der Waals surface area contributed by atoms with Gasteiger partial charge >= 0.3 is 6.18 Å². The maximum Gasteiger partial charge on any atom is 0.416 e. The monoisotopic (exact) mass is 460 g/mol. The first-order valence-electron chi connectivity index (χ1n) is 11.7. The molecule has 3 nitrogen and oxygen atoms in total. The molecule has 2 aromatic carbocycles. The lowest BCUT2D eigenvalue weighted by atomic mass is 9.77. The number of ketones is 1. The Hall–Kier alpha value is -2.50. The third kappa shape index (κ3) is 4.62. The van der Waals surface area contributed by atoms with E-state index >= 15 is 0 Å². The molecule has 0 amide bonds. The average Bonchev–Trinajstić information content (AvgIpc) is 3.21. The summed E-state index contributed by atoms with van der Waals surface area (Å²) in [6.07, 6.45) is 0.135. The summed E-state index contributed by atoms with van der Waals surface area (Å²) < 4.78 is 45.6. The van der Waals surface area contributed by atoms with E-state index in [1.165, 1.54) is 6.07 Å². The number of rotatable bonds is 4. The summed E-state index contributed by atoms with van der Waals surface area (Å²) in [6, 6.07) is 5.08. The van der Waals surface area contributed by atoms with Crippen LogP contribution >= 0.6 is 0 Å². The quantitative estimate of drug-likeness (QED) is 0.513. The highest BCUT2D eigenvalue weighted by Crippen LogP contribution is 2.47. The molecule has 178 valence electrons. The zero-order valence-corrected chi connectivity index (χ0v) is 19.6. The van der Waals surface area contributed by atoms with E-state index in [1.54, 1.807) is 0 Å². The van der Waals surface area contributed by atoms with E-state index in [0.717, 1.165) is 54.5 Å². The first-order chi connectivity index (χ1) is 15.4. The fourth-order valence-corrected chi connectivity index (χ4v) is 5.37. The van der Waals surface area contributed by atoms with Crippen LogP contribution in [0.1, 0.15) is 110 Å². The number of benzene rings is 2. The van der Waals surface area contributed by atoms with Crippen LogP contribution < -0.4 is 4.74 Å². The van der Waals surface area contributed by atoms with Gasteiger partial charge in [0.25, 0.3) is 0 Å². The van der Waals surface area contributed by atoms with E-state index in [-0.39, 0.29) is 36.2 Å². The minimum absolute atomic E-state index is 0.0522. The number of carbonyl (C=O) groups excluding carboxylic acids is 1. The van der Waals surface area contributed by atoms with Crippen LogP contribution in [-0.4, -0.2) is 16.5 Å². The summed E-state index contributed by atoms with van der Waals surface area (Å²) >= 11 is 0. The third-order valence-electron chi connectivity index (χ3n) is 6.89. The smallest absolute Gasteiger partial charge is 0.416 e. The lowest BCUT2D eigenvalue weighted by Gasteiger charge is -2.35. The Labute approximate surface area is 193 Å². The summed E-state index contributed by atoms with van der Waals surface area (Å²) in [7, 11) is 0. The molecule has 2 aromatic rings. The molecule has 0 atom stereocenters. The number of aromatic hydroxyl groups is 1. The van der Waals surface area contributed by atoms with E-state index in [1.807, 2.05) is 19.9 Å². The highest BCUT2D eigenvalue weighted by Gasteiger charge is 2.38. The molecule has 0 aromatic heterocycles. The molecule has 0 radical (unpaired) electrons. The van der Waals surface area contributed by atoms with E-state index in [9.17, 15) is 23.1 Å². The topological polar surface area (TPSA) is 46.5 Å². The first-order valence-corrected chi connectivity index (χ1v) is 11.7. The lowest BCUT2D eigenvalue weighted by molar-refractivity contribution is -0.137. The molecule has 4 rings (SSSR count). The van der Waals surface area contributed by atoms with Gasteiger partial charge in [-0.25, -0.2) is 0 Å². The number of fused-ring (bicyclic) bond motifs is 1. The number of Topliss-reactive ketones (excluding diaryl/α,β-unsaturated/α-hetero) is 1. The zero-order valence-electron chi connectivity index (χ0n) is 19.6. The number of ether oxygens (including phenoxy) is 1. The molecule has 1 heterocycles. The Balaban J connectivity index is 1.90. The van der Waals surface area contributed by atoms with Gasteiger partial charge in [-0.05, 0) is 79.0 Å². The number of hydrogen-bond donors (Lipinski definition) is 1. The minimum Gasteiger partial charge on any atom is -0.508 e. The number of halogens is 3. The molecular weight excluding hydrogens is 429 g/mol. The fourth-order valence-electron chi connectivity index (χ4n) is 5.37. The van der Waals surface area contributed by atoms with Crippen molar-refractivity contribution in [2.75, 3.05) is 0 Å². The van der Waals surface area contributed by atoms with E-state index in [2.05, 4.69) is 13.8 Å². The van der Waals surface area contributed by atoms with Crippen molar-refractivity contribution in [3.63, 3.8) is 0 Å². The molecule has 33 heavy (non-hydrogen) atoms. The first kappa shape index (κ1) is 23.7. The van der Waals surface area contributed by atoms with Gasteiger partial charge < -0.3 is 9.84 Å². The molecular formula is C27H31F3O3. The van der Waals surface area contributed by atoms with Crippen molar-refractivity contribution in [2.24, 2.45) is 0 Å². The summed E-state index contributed by atoms with van der Waals surface area (Å²) in [5.74, 6) is 0.612. The van der Waals surface area contributed by atoms with Gasteiger partial charge in [-0.1, -0.05) is 32.8 Å². The van der Waals surface area contributed by atoms with Crippen molar-refractivity contribution in [1.82, 2.24) is 0 Å². The van der Waals surface area contributed by atoms with Gasteiger partial charge in [0.05, 0.1) is 17.5 Å². The molecule has 1 fully saturated rings. The predicted octanol–water partition coefficient (Wildman–Crippen LogP) is 7.53. The second-order valence-electron chi connectivity index (χ2n) is 10.3. The highest BCUT2D eigenvalue weighted by atomic mass is 19.4. The second-order valence-corrected chi connectivity index (χ2v) is 10.3. The normalized spacial score (nSPS) is 18.5. The van der Waals surface area contributed by atoms with Crippen molar-refractivity contribution in [1.29, 1.82) is 0 Å². The largest absolute Gasteiger partial charge is 0.508 e. The molecule has 6 heteroatoms. The van der Waals surface area contributed by atoms with Gasteiger partial charge in [-0.3, -0.25) is 4.79 Å². The van der Waals surface area contributed by atoms with Gasteiger partial charge in [0, 0.05) is 6.42 Å². The van der Waals surface area contributed by atoms with Gasteiger partial charge in [0.1, 0.15) is 17.1 Å². The van der Waals surface area contributed by atoms with Gasteiger partial charge in [-0.15, -0.1) is 0 Å². The Bertz CT molecular complexity index is 1080. The zero-order chi connectivity index (χ0) is 24.1. The molecule has 0 unspecified atom stereocenters. The SMILES string of the molecule is CC(C)c1cc2c(c(C3CCCC3)c1Cc1ccc(C(F)(F)F)cc1O)C(=O)CC(C)(C)O2. The summed E-state index contributed by atoms with van der Waals surface area (Å²) in [6.45, 7) is 7.94. The summed E-state index contributed by atoms with van der Waals surface area (Å²) in [4.78, 5) is 13.3. The molecule has 0 bridgehead atoms. The molecule has 0 spiro atoms. The van der Waals surface area contributed by atoms with Crippen molar-refractivity contribution in [3.8, 4) is 11.5 Å². The predicted molar refractivity (Wildman–Crippen MR) is 121 cm³/mol. The van der Waals surface area contributed by atoms with Crippen LogP contribution in [0.15, 0.2) is 24.3 Å². The Morgan fingerprint density at radius 2 is 1.82 bits per heavy atom. The van der Waals surface area contributed by atoms with Crippen LogP contribution in [0.4, 0.5) is 13.2 Å². The van der Waals surface area contributed by atoms with Gasteiger partial charge in [0.2, 0.25) is 0 Å². The Morgan fingerprint density at radius 3 is 2.39 bits per heavy atom. The number of hydrogen-bond acceptors (Lipinski definition) is 3. The van der Waals surface area contributed by atoms with Crippen molar-refractivity contribution in [2.45, 2.75) is 89.8 Å². The second kappa shape index (κ2) is 8.37. The van der Waals surface area contributed by atoms with Gasteiger partial charge in [-0.2, -0.15) is 13.2 Å². The highest BCUT2D eigenvalue weighted by molar-refractivity contribution is 6.02. The van der Waals surface area contributed by atoms with Crippen LogP contribution in [0.3, 0.4) is 0 Å². The van der Waals surface area contributed by atoms with Crippen molar-refractivity contribution in [3.05, 3.63) is 57.6 Å². The number of phenolic OH excluding ortho intramolecular Hbond substituents is 1. The van der Waals surface area contributed by atoms with Crippen LogP contribution in [0, 0.1) is 0 Å². The van der Waals surface area contributed by atoms with E-state index in [4.69, 9.17) is 4.74 Å². The van der Waals surface area contributed by atoms with E-state index in [0.29, 0.717) is 16.9 Å². The van der Waals surface area contributed by atoms with Crippen molar-refractivity contribution < 1.29 is 27.8 Å². The molecule has 2 aliphatic rings. The molecule has 0 saturated heterocycles. The fraction of sp³-hybridized carbons (Fsp3) is 0.519. The third-order valence-corrected chi connectivity index (χ3v) is 6.89. The average molecular weight is 461 g/mol. The standard InChI is InChI=1S/C27H31F3O3/c1-15(2)19-13-23-25(22(32)14-26(3,4)33-23)24(16-7-5-6-8-16)20(19)11-17-9-10-18(12-21(17)31)27(28,29)30/h9-10,12-13,15-16,31H,5-8,11,14H2,1-4H3. The molecule has 1 aliphatic heterocycles. The van der Waals surface area contributed by atoms with Crippen LogP contribution in [0.5, 0.6) is 11.5 Å². The molecule has 1 saturated carbocycles. The van der Waals surface area contributed by atoms with Gasteiger partial charge in [0.15, 0.2) is 5.78 Å². The Morgan fingerprint density at radius 1 is 1.15 bits per heavy atom.